The molecule has 4 fully saturated rings. The summed E-state index contributed by atoms with van der Waals surface area (Å²) in [5.74, 6) is -2.26. The summed E-state index contributed by atoms with van der Waals surface area (Å²) in [6.07, 6.45) is 10.2. The van der Waals surface area contributed by atoms with Crippen molar-refractivity contribution < 1.29 is 24.2 Å². The van der Waals surface area contributed by atoms with E-state index >= 15 is 0 Å². The average molecular weight is 592 g/mol. The minimum Gasteiger partial charge on any atom is -0.394 e. The molecule has 1 aromatic rings. The van der Waals surface area contributed by atoms with Crippen LogP contribution in [0.2, 0.25) is 0 Å². The van der Waals surface area contributed by atoms with Crippen LogP contribution < -0.4 is 4.90 Å². The van der Waals surface area contributed by atoms with Crippen molar-refractivity contribution in [1.82, 2.24) is 9.80 Å². The Morgan fingerprint density at radius 3 is 2.33 bits per heavy atom. The SMILES string of the molecule is C=CCN(C(=O)[C@@H]1[C@H]2C(=O)N([C@@H](CO)C(C)C)C(C(=O)N(CC=C)C3CCCCC3)C23CC[C@@]1(CC)O3)c1ccccc1. The lowest BCUT2D eigenvalue weighted by Crippen LogP contribution is -2.61. The Balaban J connectivity index is 1.63. The van der Waals surface area contributed by atoms with Gasteiger partial charge in [-0.2, -0.15) is 0 Å². The van der Waals surface area contributed by atoms with Gasteiger partial charge in [0.15, 0.2) is 0 Å². The van der Waals surface area contributed by atoms with E-state index in [0.717, 1.165) is 37.8 Å². The molecule has 4 aliphatic rings. The second-order valence-corrected chi connectivity index (χ2v) is 13.2. The number of para-hydroxylation sites is 1. The third-order valence-corrected chi connectivity index (χ3v) is 10.7. The van der Waals surface area contributed by atoms with Gasteiger partial charge in [0.05, 0.1) is 30.1 Å². The number of aliphatic hydroxyl groups excluding tert-OH is 1. The van der Waals surface area contributed by atoms with E-state index < -0.39 is 35.1 Å². The smallest absolute Gasteiger partial charge is 0.248 e. The van der Waals surface area contributed by atoms with E-state index in [1.165, 1.54) is 0 Å². The number of amides is 3. The van der Waals surface area contributed by atoms with Gasteiger partial charge in [-0.25, -0.2) is 0 Å². The molecule has 8 heteroatoms. The van der Waals surface area contributed by atoms with E-state index in [1.54, 1.807) is 22.0 Å². The van der Waals surface area contributed by atoms with E-state index in [-0.39, 0.29) is 36.3 Å². The molecule has 2 bridgehead atoms. The standard InChI is InChI=1S/C35H49N3O5/c1-6-21-36(25-15-11-9-12-16-25)31(40)28-29-32(41)38(27(23-39)24(4)5)30(35(29)20-19-34(28,8-3)43-35)33(42)37(22-7-2)26-17-13-10-14-18-26/h6-7,9,11-12,15-16,24,26-30,39H,1-2,8,10,13-14,17-23H2,3-5H3/t27-,28-,29-,30?,34+,35?/m0/s1. The van der Waals surface area contributed by atoms with E-state index in [9.17, 15) is 19.5 Å². The normalized spacial score (nSPS) is 30.8. The number of anilines is 1. The zero-order valence-corrected chi connectivity index (χ0v) is 26.1. The van der Waals surface area contributed by atoms with Crippen molar-refractivity contribution in [3.05, 3.63) is 55.6 Å². The number of carbonyl (C=O) groups excluding carboxylic acids is 3. The highest BCUT2D eigenvalue weighted by Gasteiger charge is 2.79. The van der Waals surface area contributed by atoms with E-state index in [1.807, 2.05) is 56.0 Å². The Morgan fingerprint density at radius 1 is 1.07 bits per heavy atom. The first-order valence-corrected chi connectivity index (χ1v) is 16.2. The number of benzene rings is 1. The lowest BCUT2D eigenvalue weighted by molar-refractivity contribution is -0.158. The molecule has 1 aromatic carbocycles. The molecule has 8 nitrogen and oxygen atoms in total. The van der Waals surface area contributed by atoms with E-state index in [0.29, 0.717) is 32.4 Å². The summed E-state index contributed by atoms with van der Waals surface area (Å²) < 4.78 is 7.05. The van der Waals surface area contributed by atoms with Crippen LogP contribution in [0.1, 0.15) is 72.1 Å². The largest absolute Gasteiger partial charge is 0.394 e. The molecule has 0 aromatic heterocycles. The first-order chi connectivity index (χ1) is 20.7. The van der Waals surface area contributed by atoms with Crippen LogP contribution in [0.4, 0.5) is 5.69 Å². The number of hydrogen-bond donors (Lipinski definition) is 1. The molecule has 234 valence electrons. The van der Waals surface area contributed by atoms with Crippen molar-refractivity contribution in [1.29, 1.82) is 0 Å². The molecule has 1 aliphatic carbocycles. The first-order valence-electron chi connectivity index (χ1n) is 16.2. The van der Waals surface area contributed by atoms with Crippen molar-refractivity contribution in [2.45, 2.75) is 101 Å². The number of likely N-dealkylation sites (tertiary alicyclic amines) is 1. The van der Waals surface area contributed by atoms with Crippen LogP contribution in [-0.4, -0.2) is 81.7 Å². The Hall–Kier alpha value is -2.97. The summed E-state index contributed by atoms with van der Waals surface area (Å²) in [6.45, 7) is 14.2. The minimum absolute atomic E-state index is 0.0654. The van der Waals surface area contributed by atoms with E-state index in [2.05, 4.69) is 13.2 Å². The van der Waals surface area contributed by atoms with Crippen LogP contribution in [0.15, 0.2) is 55.6 Å². The predicted molar refractivity (Wildman–Crippen MR) is 167 cm³/mol. The van der Waals surface area contributed by atoms with Crippen molar-refractivity contribution in [3.8, 4) is 0 Å². The quantitative estimate of drug-likeness (QED) is 0.355. The van der Waals surface area contributed by atoms with Crippen LogP contribution in [0.25, 0.3) is 0 Å². The van der Waals surface area contributed by atoms with Crippen LogP contribution in [0.5, 0.6) is 0 Å². The number of carbonyl (C=O) groups is 3. The Morgan fingerprint density at radius 2 is 1.74 bits per heavy atom. The number of fused-ring (bicyclic) bond motifs is 1. The zero-order chi connectivity index (χ0) is 30.9. The van der Waals surface area contributed by atoms with Crippen molar-refractivity contribution in [3.63, 3.8) is 0 Å². The van der Waals surface area contributed by atoms with Crippen LogP contribution in [-0.2, 0) is 19.1 Å². The van der Waals surface area contributed by atoms with Gasteiger partial charge in [-0.3, -0.25) is 14.4 Å². The number of ether oxygens (including phenoxy) is 1. The minimum atomic E-state index is -1.14. The van der Waals surface area contributed by atoms with Gasteiger partial charge < -0.3 is 24.5 Å². The van der Waals surface area contributed by atoms with Crippen LogP contribution >= 0.6 is 0 Å². The van der Waals surface area contributed by atoms with E-state index in [4.69, 9.17) is 4.74 Å². The van der Waals surface area contributed by atoms with Gasteiger partial charge >= 0.3 is 0 Å². The van der Waals surface area contributed by atoms with Gasteiger partial charge in [0.25, 0.3) is 0 Å². The molecule has 0 radical (unpaired) electrons. The molecule has 3 aliphatic heterocycles. The highest BCUT2D eigenvalue weighted by Crippen LogP contribution is 2.65. The molecule has 43 heavy (non-hydrogen) atoms. The summed E-state index contributed by atoms with van der Waals surface area (Å²) >= 11 is 0. The van der Waals surface area contributed by atoms with Crippen molar-refractivity contribution in [2.75, 3.05) is 24.6 Å². The highest BCUT2D eigenvalue weighted by atomic mass is 16.5. The van der Waals surface area contributed by atoms with Gasteiger partial charge in [0.2, 0.25) is 17.7 Å². The maximum atomic E-state index is 14.9. The monoisotopic (exact) mass is 591 g/mol. The third kappa shape index (κ3) is 5.04. The van der Waals surface area contributed by atoms with Gasteiger partial charge in [0.1, 0.15) is 11.6 Å². The summed E-state index contributed by atoms with van der Waals surface area (Å²) in [6, 6.07) is 8.02. The summed E-state index contributed by atoms with van der Waals surface area (Å²) in [4.78, 5) is 49.6. The fourth-order valence-electron chi connectivity index (χ4n) is 8.62. The number of nitrogens with zero attached hydrogens (tertiary/aromatic N) is 3. The lowest BCUT2D eigenvalue weighted by atomic mass is 9.64. The molecule has 3 amide bonds. The fraction of sp³-hybridized carbons (Fsp3) is 0.629. The van der Waals surface area contributed by atoms with Gasteiger partial charge in [0, 0.05) is 24.8 Å². The lowest BCUT2D eigenvalue weighted by Gasteiger charge is -2.43. The molecule has 1 N–H and O–H groups in total. The third-order valence-electron chi connectivity index (χ3n) is 10.7. The topological polar surface area (TPSA) is 90.4 Å². The number of rotatable bonds is 12. The maximum absolute atomic E-state index is 14.9. The van der Waals surface area contributed by atoms with Gasteiger partial charge in [-0.05, 0) is 50.2 Å². The molecule has 1 spiro atoms. The molecular weight excluding hydrogens is 542 g/mol. The molecule has 2 unspecified atom stereocenters. The zero-order valence-electron chi connectivity index (χ0n) is 26.1. The molecular formula is C35H49N3O5. The Labute approximate surface area is 256 Å². The molecule has 3 saturated heterocycles. The predicted octanol–water partition coefficient (Wildman–Crippen LogP) is 4.72. The molecule has 1 saturated carbocycles. The highest BCUT2D eigenvalue weighted by molar-refractivity contribution is 6.03. The Bertz CT molecular complexity index is 1210. The Kier molecular flexibility index (Phi) is 9.19. The maximum Gasteiger partial charge on any atom is 0.248 e. The summed E-state index contributed by atoms with van der Waals surface area (Å²) in [7, 11) is 0. The number of hydrogen-bond acceptors (Lipinski definition) is 5. The fourth-order valence-corrected chi connectivity index (χ4v) is 8.62. The van der Waals surface area contributed by atoms with Crippen molar-refractivity contribution >= 4 is 23.4 Å². The van der Waals surface area contributed by atoms with Gasteiger partial charge in [-0.15, -0.1) is 13.2 Å². The molecule has 3 heterocycles. The van der Waals surface area contributed by atoms with Gasteiger partial charge in [-0.1, -0.05) is 70.4 Å². The first kappa shape index (κ1) is 31.5. The second-order valence-electron chi connectivity index (χ2n) is 13.2. The number of aliphatic hydroxyl groups is 1. The second kappa shape index (κ2) is 12.6. The summed E-state index contributed by atoms with van der Waals surface area (Å²) in [5.41, 5.74) is -1.26. The van der Waals surface area contributed by atoms with Crippen LogP contribution in [0.3, 0.4) is 0 Å². The molecule has 6 atom stereocenters. The van der Waals surface area contributed by atoms with Crippen LogP contribution in [0, 0.1) is 17.8 Å². The molecule has 5 rings (SSSR count). The van der Waals surface area contributed by atoms with Crippen molar-refractivity contribution in [2.24, 2.45) is 17.8 Å². The average Bonchev–Trinajstić information content (AvgIpc) is 3.63. The summed E-state index contributed by atoms with van der Waals surface area (Å²) in [5, 5.41) is 10.6.